The van der Waals surface area contributed by atoms with Gasteiger partial charge in [0.05, 0.1) is 6.04 Å². The highest BCUT2D eigenvalue weighted by Crippen LogP contribution is 2.19. The van der Waals surface area contributed by atoms with Gasteiger partial charge in [0.2, 0.25) is 5.91 Å². The summed E-state index contributed by atoms with van der Waals surface area (Å²) >= 11 is 0. The number of nitrogens with zero attached hydrogens (tertiary/aromatic N) is 1. The Hall–Kier alpha value is -0.610. The van der Waals surface area contributed by atoms with Gasteiger partial charge in [-0.05, 0) is 38.8 Å². The van der Waals surface area contributed by atoms with Gasteiger partial charge < -0.3 is 16.0 Å². The summed E-state index contributed by atoms with van der Waals surface area (Å²) in [6.45, 7) is 6.16. The van der Waals surface area contributed by atoms with Crippen LogP contribution in [-0.2, 0) is 4.79 Å². The Kier molecular flexibility index (Phi) is 5.22. The van der Waals surface area contributed by atoms with Gasteiger partial charge in [0, 0.05) is 12.6 Å². The molecule has 0 radical (unpaired) electrons. The highest BCUT2D eigenvalue weighted by atomic mass is 16.1. The molecule has 1 unspecified atom stereocenters. The van der Waals surface area contributed by atoms with E-state index in [2.05, 4.69) is 24.1 Å². The standard InChI is InChI=1S/C12H25N3O/c1-9(2)6-7-15(3)8-11(12(13)16)14-10-4-5-10/h9-11,14H,4-8H2,1-3H3,(H2,13,16). The van der Waals surface area contributed by atoms with Gasteiger partial charge in [0.1, 0.15) is 0 Å². The molecule has 1 atom stereocenters. The minimum absolute atomic E-state index is 0.190. The minimum Gasteiger partial charge on any atom is -0.368 e. The van der Waals surface area contributed by atoms with Crippen molar-refractivity contribution in [1.29, 1.82) is 0 Å². The first kappa shape index (κ1) is 13.5. The molecule has 0 aromatic rings. The SMILES string of the molecule is CC(C)CCN(C)CC(NC1CC1)C(N)=O. The molecule has 0 heterocycles. The molecule has 0 aromatic carbocycles. The summed E-state index contributed by atoms with van der Waals surface area (Å²) in [4.78, 5) is 13.5. The van der Waals surface area contributed by atoms with Crippen LogP contribution in [0.4, 0.5) is 0 Å². The van der Waals surface area contributed by atoms with E-state index < -0.39 is 0 Å². The number of carbonyl (C=O) groups excluding carboxylic acids is 1. The van der Waals surface area contributed by atoms with E-state index in [0.717, 1.165) is 19.5 Å². The molecule has 0 aromatic heterocycles. The number of nitrogens with one attached hydrogen (secondary N) is 1. The summed E-state index contributed by atoms with van der Waals surface area (Å²) in [5, 5.41) is 3.29. The monoisotopic (exact) mass is 227 g/mol. The summed E-state index contributed by atoms with van der Waals surface area (Å²) in [5.41, 5.74) is 5.39. The van der Waals surface area contributed by atoms with Crippen molar-refractivity contribution in [1.82, 2.24) is 10.2 Å². The summed E-state index contributed by atoms with van der Waals surface area (Å²) in [6.07, 6.45) is 3.52. The topological polar surface area (TPSA) is 58.4 Å². The lowest BCUT2D eigenvalue weighted by Crippen LogP contribution is -2.49. The van der Waals surface area contributed by atoms with E-state index >= 15 is 0 Å². The number of carbonyl (C=O) groups is 1. The van der Waals surface area contributed by atoms with Crippen molar-refractivity contribution in [2.45, 2.75) is 45.2 Å². The molecule has 4 heteroatoms. The second-order valence-electron chi connectivity index (χ2n) is 5.34. The number of amides is 1. The highest BCUT2D eigenvalue weighted by Gasteiger charge is 2.27. The largest absolute Gasteiger partial charge is 0.368 e. The van der Waals surface area contributed by atoms with Gasteiger partial charge >= 0.3 is 0 Å². The van der Waals surface area contributed by atoms with Gasteiger partial charge in [-0.1, -0.05) is 13.8 Å². The Labute approximate surface area is 98.6 Å². The van der Waals surface area contributed by atoms with Gasteiger partial charge in [0.15, 0.2) is 0 Å². The first-order chi connectivity index (χ1) is 7.49. The fraction of sp³-hybridized carbons (Fsp3) is 0.917. The van der Waals surface area contributed by atoms with Crippen molar-refractivity contribution in [3.8, 4) is 0 Å². The van der Waals surface area contributed by atoms with Crippen LogP contribution < -0.4 is 11.1 Å². The summed E-state index contributed by atoms with van der Waals surface area (Å²) in [6, 6.07) is 0.334. The van der Waals surface area contributed by atoms with Crippen molar-refractivity contribution in [2.24, 2.45) is 11.7 Å². The van der Waals surface area contributed by atoms with E-state index in [0.29, 0.717) is 12.0 Å². The molecular formula is C12H25N3O. The number of hydrogen-bond donors (Lipinski definition) is 2. The fourth-order valence-electron chi connectivity index (χ4n) is 1.64. The third-order valence-electron chi connectivity index (χ3n) is 2.94. The van der Waals surface area contributed by atoms with Gasteiger partial charge in [-0.2, -0.15) is 0 Å². The molecule has 1 rings (SSSR count). The van der Waals surface area contributed by atoms with Crippen LogP contribution in [-0.4, -0.2) is 43.0 Å². The van der Waals surface area contributed by atoms with Crippen LogP contribution in [0.15, 0.2) is 0 Å². The van der Waals surface area contributed by atoms with Crippen molar-refractivity contribution in [2.75, 3.05) is 20.1 Å². The Morgan fingerprint density at radius 1 is 1.50 bits per heavy atom. The molecular weight excluding hydrogens is 202 g/mol. The second-order valence-corrected chi connectivity index (χ2v) is 5.34. The average molecular weight is 227 g/mol. The lowest BCUT2D eigenvalue weighted by molar-refractivity contribution is -0.120. The molecule has 4 nitrogen and oxygen atoms in total. The second kappa shape index (κ2) is 6.21. The molecule has 0 saturated heterocycles. The zero-order valence-corrected chi connectivity index (χ0v) is 10.7. The van der Waals surface area contributed by atoms with Crippen molar-refractivity contribution in [3.63, 3.8) is 0 Å². The smallest absolute Gasteiger partial charge is 0.235 e. The molecule has 0 spiro atoms. The van der Waals surface area contributed by atoms with E-state index in [9.17, 15) is 4.79 Å². The number of nitrogens with two attached hydrogens (primary N) is 1. The number of rotatable bonds is 8. The summed E-state index contributed by atoms with van der Waals surface area (Å²) < 4.78 is 0. The first-order valence-corrected chi connectivity index (χ1v) is 6.23. The van der Waals surface area contributed by atoms with Crippen LogP contribution in [0, 0.1) is 5.92 Å². The Morgan fingerprint density at radius 3 is 2.56 bits per heavy atom. The van der Waals surface area contributed by atoms with Crippen molar-refractivity contribution >= 4 is 5.91 Å². The van der Waals surface area contributed by atoms with Crippen LogP contribution in [0.1, 0.15) is 33.1 Å². The molecule has 3 N–H and O–H groups in total. The van der Waals surface area contributed by atoms with Crippen LogP contribution in [0.3, 0.4) is 0 Å². The van der Waals surface area contributed by atoms with E-state index in [-0.39, 0.29) is 11.9 Å². The van der Waals surface area contributed by atoms with Gasteiger partial charge in [-0.15, -0.1) is 0 Å². The predicted molar refractivity (Wildman–Crippen MR) is 66.1 cm³/mol. The maximum Gasteiger partial charge on any atom is 0.235 e. The average Bonchev–Trinajstić information content (AvgIpc) is 2.97. The lowest BCUT2D eigenvalue weighted by atomic mass is 10.1. The molecule has 1 fully saturated rings. The quantitative estimate of drug-likeness (QED) is 0.637. The maximum atomic E-state index is 11.3. The normalized spacial score (nSPS) is 18.1. The molecule has 1 amide bonds. The van der Waals surface area contributed by atoms with Gasteiger partial charge in [0.25, 0.3) is 0 Å². The van der Waals surface area contributed by atoms with Crippen LogP contribution >= 0.6 is 0 Å². The Balaban J connectivity index is 2.26. The van der Waals surface area contributed by atoms with E-state index in [1.165, 1.54) is 12.8 Å². The maximum absolute atomic E-state index is 11.3. The minimum atomic E-state index is -0.233. The number of primary amides is 1. The van der Waals surface area contributed by atoms with E-state index in [1.807, 2.05) is 7.05 Å². The van der Waals surface area contributed by atoms with Crippen molar-refractivity contribution < 1.29 is 4.79 Å². The molecule has 1 aliphatic carbocycles. The van der Waals surface area contributed by atoms with Crippen LogP contribution in [0.5, 0.6) is 0 Å². The van der Waals surface area contributed by atoms with Crippen LogP contribution in [0.25, 0.3) is 0 Å². The molecule has 1 saturated carbocycles. The predicted octanol–water partition coefficient (Wildman–Crippen LogP) is 0.570. The third kappa shape index (κ3) is 5.47. The number of likely N-dealkylation sites (N-methyl/N-ethyl adjacent to an activating group) is 1. The highest BCUT2D eigenvalue weighted by molar-refractivity contribution is 5.80. The molecule has 94 valence electrons. The Bertz CT molecular complexity index is 226. The molecule has 0 bridgehead atoms. The lowest BCUT2D eigenvalue weighted by Gasteiger charge is -2.23. The van der Waals surface area contributed by atoms with Gasteiger partial charge in [-0.25, -0.2) is 0 Å². The van der Waals surface area contributed by atoms with E-state index in [1.54, 1.807) is 0 Å². The van der Waals surface area contributed by atoms with Gasteiger partial charge in [-0.3, -0.25) is 4.79 Å². The first-order valence-electron chi connectivity index (χ1n) is 6.23. The molecule has 0 aliphatic heterocycles. The third-order valence-corrected chi connectivity index (χ3v) is 2.94. The van der Waals surface area contributed by atoms with Crippen molar-refractivity contribution in [3.05, 3.63) is 0 Å². The summed E-state index contributed by atoms with van der Waals surface area (Å²) in [5.74, 6) is 0.467. The zero-order valence-electron chi connectivity index (χ0n) is 10.7. The summed E-state index contributed by atoms with van der Waals surface area (Å²) in [7, 11) is 2.05. The fourth-order valence-corrected chi connectivity index (χ4v) is 1.64. The van der Waals surface area contributed by atoms with Crippen LogP contribution in [0.2, 0.25) is 0 Å². The Morgan fingerprint density at radius 2 is 2.12 bits per heavy atom. The molecule has 16 heavy (non-hydrogen) atoms. The molecule has 1 aliphatic rings. The van der Waals surface area contributed by atoms with E-state index in [4.69, 9.17) is 5.73 Å². The number of hydrogen-bond acceptors (Lipinski definition) is 3. The zero-order chi connectivity index (χ0) is 12.1.